The van der Waals surface area contributed by atoms with Gasteiger partial charge in [-0.1, -0.05) is 13.5 Å². The van der Waals surface area contributed by atoms with Crippen LogP contribution < -0.4 is 0 Å². The highest BCUT2D eigenvalue weighted by Crippen LogP contribution is 2.23. The normalized spacial score (nSPS) is 27.7. The van der Waals surface area contributed by atoms with Crippen molar-refractivity contribution < 1.29 is 9.53 Å². The predicted octanol–water partition coefficient (Wildman–Crippen LogP) is 2.56. The van der Waals surface area contributed by atoms with Crippen molar-refractivity contribution in [3.8, 4) is 0 Å². The molecule has 0 aromatic heterocycles. The summed E-state index contributed by atoms with van der Waals surface area (Å²) in [6.07, 6.45) is 2.69. The van der Waals surface area contributed by atoms with E-state index in [9.17, 15) is 4.79 Å². The highest BCUT2D eigenvalue weighted by molar-refractivity contribution is 6.19. The van der Waals surface area contributed by atoms with Crippen LogP contribution in [0.1, 0.15) is 26.2 Å². The zero-order valence-electron chi connectivity index (χ0n) is 8.59. The number of halogens is 1. The van der Waals surface area contributed by atoms with E-state index in [0.29, 0.717) is 24.7 Å². The summed E-state index contributed by atoms with van der Waals surface area (Å²) in [7, 11) is 0. The number of ether oxygens (including phenoxy) is 1. The molecule has 0 aromatic carbocycles. The van der Waals surface area contributed by atoms with Gasteiger partial charge in [0.1, 0.15) is 5.78 Å². The topological polar surface area (TPSA) is 26.3 Å². The van der Waals surface area contributed by atoms with Crippen LogP contribution in [0.5, 0.6) is 0 Å². The van der Waals surface area contributed by atoms with Crippen LogP contribution in [0.2, 0.25) is 0 Å². The quantitative estimate of drug-likeness (QED) is 0.533. The molecule has 3 heteroatoms. The molecule has 2 atom stereocenters. The van der Waals surface area contributed by atoms with Crippen molar-refractivity contribution in [3.05, 3.63) is 12.2 Å². The monoisotopic (exact) mass is 216 g/mol. The summed E-state index contributed by atoms with van der Waals surface area (Å²) in [5.74, 6) is 0.777. The summed E-state index contributed by atoms with van der Waals surface area (Å²) < 4.78 is 5.61. The lowest BCUT2D eigenvalue weighted by Crippen LogP contribution is -2.33. The molecule has 1 aliphatic carbocycles. The second-order valence-electron chi connectivity index (χ2n) is 3.88. The Labute approximate surface area is 90.3 Å². The number of Topliss-reactive ketones (excluding diaryl/α,β-unsaturated/α-hetero) is 1. The Balaban J connectivity index is 2.36. The third kappa shape index (κ3) is 3.10. The first-order chi connectivity index (χ1) is 6.65. The molecule has 0 saturated heterocycles. The molecule has 0 bridgehead atoms. The third-order valence-corrected chi connectivity index (χ3v) is 3.05. The number of ketones is 1. The van der Waals surface area contributed by atoms with Crippen LogP contribution in [-0.4, -0.2) is 24.4 Å². The number of hydrogen-bond acceptors (Lipinski definition) is 2. The SMILES string of the molecule is C=C(CCl)COC1CCCC(=O)C1C. The van der Waals surface area contributed by atoms with Crippen molar-refractivity contribution in [2.75, 3.05) is 12.5 Å². The minimum Gasteiger partial charge on any atom is -0.373 e. The maximum Gasteiger partial charge on any atom is 0.138 e. The van der Waals surface area contributed by atoms with Crippen molar-refractivity contribution in [1.82, 2.24) is 0 Å². The van der Waals surface area contributed by atoms with E-state index >= 15 is 0 Å². The number of rotatable bonds is 4. The van der Waals surface area contributed by atoms with E-state index in [0.717, 1.165) is 18.4 Å². The molecule has 80 valence electrons. The average molecular weight is 217 g/mol. The molecule has 0 amide bonds. The molecule has 0 spiro atoms. The van der Waals surface area contributed by atoms with Gasteiger partial charge in [-0.15, -0.1) is 11.6 Å². The van der Waals surface area contributed by atoms with Crippen molar-refractivity contribution in [3.63, 3.8) is 0 Å². The Morgan fingerprint density at radius 3 is 3.07 bits per heavy atom. The van der Waals surface area contributed by atoms with Gasteiger partial charge in [-0.05, 0) is 18.4 Å². The van der Waals surface area contributed by atoms with Gasteiger partial charge in [0.05, 0.1) is 12.7 Å². The molecule has 0 aliphatic heterocycles. The summed E-state index contributed by atoms with van der Waals surface area (Å²) in [4.78, 5) is 11.4. The molecule has 0 heterocycles. The molecule has 14 heavy (non-hydrogen) atoms. The van der Waals surface area contributed by atoms with Crippen LogP contribution in [0.3, 0.4) is 0 Å². The third-order valence-electron chi connectivity index (χ3n) is 2.67. The molecule has 0 aromatic rings. The standard InChI is InChI=1S/C11H17ClO2/c1-8(6-12)7-14-11-5-3-4-10(13)9(11)2/h9,11H,1,3-7H2,2H3. The molecule has 1 aliphatic rings. The lowest BCUT2D eigenvalue weighted by atomic mass is 9.87. The Morgan fingerprint density at radius 2 is 2.43 bits per heavy atom. The molecule has 2 nitrogen and oxygen atoms in total. The first-order valence-corrected chi connectivity index (χ1v) is 5.55. The van der Waals surface area contributed by atoms with E-state index in [4.69, 9.17) is 16.3 Å². The number of carbonyl (C=O) groups is 1. The van der Waals surface area contributed by atoms with Crippen LogP contribution in [0.15, 0.2) is 12.2 Å². The molecule has 1 fully saturated rings. The Bertz CT molecular complexity index is 225. The van der Waals surface area contributed by atoms with Gasteiger partial charge in [-0.3, -0.25) is 4.79 Å². The van der Waals surface area contributed by atoms with Crippen molar-refractivity contribution in [1.29, 1.82) is 0 Å². The van der Waals surface area contributed by atoms with E-state index in [1.165, 1.54) is 0 Å². The Hall–Kier alpha value is -0.340. The van der Waals surface area contributed by atoms with Gasteiger partial charge in [0.25, 0.3) is 0 Å². The first kappa shape index (κ1) is 11.7. The fourth-order valence-corrected chi connectivity index (χ4v) is 1.73. The molecule has 1 rings (SSSR count). The lowest BCUT2D eigenvalue weighted by molar-refractivity contribution is -0.130. The highest BCUT2D eigenvalue weighted by Gasteiger charge is 2.28. The fraction of sp³-hybridized carbons (Fsp3) is 0.727. The van der Waals surface area contributed by atoms with E-state index in [-0.39, 0.29) is 12.0 Å². The molecular weight excluding hydrogens is 200 g/mol. The van der Waals surface area contributed by atoms with Gasteiger partial charge in [0.15, 0.2) is 0 Å². The van der Waals surface area contributed by atoms with Crippen LogP contribution in [0.4, 0.5) is 0 Å². The van der Waals surface area contributed by atoms with Crippen LogP contribution in [-0.2, 0) is 9.53 Å². The second kappa shape index (κ2) is 5.52. The van der Waals surface area contributed by atoms with E-state index in [2.05, 4.69) is 6.58 Å². The summed E-state index contributed by atoms with van der Waals surface area (Å²) >= 11 is 5.59. The maximum absolute atomic E-state index is 11.4. The van der Waals surface area contributed by atoms with Gasteiger partial charge >= 0.3 is 0 Å². The smallest absolute Gasteiger partial charge is 0.138 e. The molecule has 1 saturated carbocycles. The molecule has 0 radical (unpaired) electrons. The van der Waals surface area contributed by atoms with Crippen molar-refractivity contribution in [2.45, 2.75) is 32.3 Å². The largest absolute Gasteiger partial charge is 0.373 e. The summed E-state index contributed by atoms with van der Waals surface area (Å²) in [5, 5.41) is 0. The predicted molar refractivity (Wildman–Crippen MR) is 57.6 cm³/mol. The fourth-order valence-electron chi connectivity index (χ4n) is 1.65. The molecule has 2 unspecified atom stereocenters. The first-order valence-electron chi connectivity index (χ1n) is 5.02. The van der Waals surface area contributed by atoms with E-state index in [1.54, 1.807) is 0 Å². The number of alkyl halides is 1. The minimum absolute atomic E-state index is 0.0341. The number of carbonyl (C=O) groups excluding carboxylic acids is 1. The van der Waals surface area contributed by atoms with Crippen LogP contribution in [0.25, 0.3) is 0 Å². The zero-order chi connectivity index (χ0) is 10.6. The zero-order valence-corrected chi connectivity index (χ0v) is 9.35. The van der Waals surface area contributed by atoms with E-state index < -0.39 is 0 Å². The van der Waals surface area contributed by atoms with Crippen LogP contribution >= 0.6 is 11.6 Å². The van der Waals surface area contributed by atoms with Gasteiger partial charge in [0, 0.05) is 18.2 Å². The van der Waals surface area contributed by atoms with Crippen LogP contribution in [0, 0.1) is 5.92 Å². The summed E-state index contributed by atoms with van der Waals surface area (Å²) in [6, 6.07) is 0. The maximum atomic E-state index is 11.4. The Kier molecular flexibility index (Phi) is 4.63. The van der Waals surface area contributed by atoms with Gasteiger partial charge in [0.2, 0.25) is 0 Å². The van der Waals surface area contributed by atoms with Crippen molar-refractivity contribution in [2.24, 2.45) is 5.92 Å². The molecular formula is C11H17ClO2. The highest BCUT2D eigenvalue weighted by atomic mass is 35.5. The van der Waals surface area contributed by atoms with Gasteiger partial charge in [-0.2, -0.15) is 0 Å². The second-order valence-corrected chi connectivity index (χ2v) is 4.15. The Morgan fingerprint density at radius 1 is 1.71 bits per heavy atom. The summed E-state index contributed by atoms with van der Waals surface area (Å²) in [6.45, 7) is 6.18. The molecule has 0 N–H and O–H groups in total. The summed E-state index contributed by atoms with van der Waals surface area (Å²) in [5.41, 5.74) is 0.872. The van der Waals surface area contributed by atoms with Crippen molar-refractivity contribution >= 4 is 17.4 Å². The number of hydrogen-bond donors (Lipinski definition) is 0. The van der Waals surface area contributed by atoms with Gasteiger partial charge in [-0.25, -0.2) is 0 Å². The van der Waals surface area contributed by atoms with Gasteiger partial charge < -0.3 is 4.74 Å². The minimum atomic E-state index is 0.0341. The van der Waals surface area contributed by atoms with E-state index in [1.807, 2.05) is 6.92 Å². The average Bonchev–Trinajstić information content (AvgIpc) is 2.20. The lowest BCUT2D eigenvalue weighted by Gasteiger charge is -2.27.